The van der Waals surface area contributed by atoms with Gasteiger partial charge in [0.25, 0.3) is 0 Å². The number of amides is 1. The molecule has 1 heterocycles. The average molecular weight is 362 g/mol. The van der Waals surface area contributed by atoms with Crippen molar-refractivity contribution in [2.75, 3.05) is 44.7 Å². The van der Waals surface area contributed by atoms with Gasteiger partial charge in [-0.05, 0) is 31.4 Å². The molecule has 1 N–H and O–H groups in total. The van der Waals surface area contributed by atoms with Crippen molar-refractivity contribution in [1.82, 2.24) is 10.2 Å². The van der Waals surface area contributed by atoms with Gasteiger partial charge in [-0.1, -0.05) is 32.8 Å². The molecule has 2 rings (SSSR count). The van der Waals surface area contributed by atoms with Gasteiger partial charge in [-0.2, -0.15) is 0 Å². The lowest BCUT2D eigenvalue weighted by Gasteiger charge is -2.36. The van der Waals surface area contributed by atoms with E-state index < -0.39 is 0 Å². The molecule has 1 fully saturated rings. The summed E-state index contributed by atoms with van der Waals surface area (Å²) in [5.74, 6) is 1.77. The Morgan fingerprint density at radius 2 is 1.88 bits per heavy atom. The first-order chi connectivity index (χ1) is 12.5. The van der Waals surface area contributed by atoms with Gasteiger partial charge in [-0.3, -0.25) is 9.69 Å². The first-order valence-electron chi connectivity index (χ1n) is 9.88. The van der Waals surface area contributed by atoms with Crippen molar-refractivity contribution in [2.45, 2.75) is 46.1 Å². The molecule has 0 saturated carbocycles. The molecule has 5 heteroatoms. The first kappa shape index (κ1) is 20.6. The molecule has 1 amide bonds. The predicted octanol–water partition coefficient (Wildman–Crippen LogP) is 3.15. The Kier molecular flexibility index (Phi) is 8.23. The third kappa shape index (κ3) is 6.87. The van der Waals surface area contributed by atoms with Crippen LogP contribution in [0.3, 0.4) is 0 Å². The molecule has 0 radical (unpaired) electrons. The number of nitrogens with one attached hydrogen (secondary N) is 1. The van der Waals surface area contributed by atoms with Gasteiger partial charge in [0.15, 0.2) is 0 Å². The topological polar surface area (TPSA) is 44.8 Å². The second-order valence-electron chi connectivity index (χ2n) is 7.76. The molecule has 0 unspecified atom stereocenters. The van der Waals surface area contributed by atoms with E-state index in [0.717, 1.165) is 44.3 Å². The number of ether oxygens (including phenoxy) is 1. The van der Waals surface area contributed by atoms with Gasteiger partial charge >= 0.3 is 0 Å². The van der Waals surface area contributed by atoms with Crippen LogP contribution in [0.1, 0.15) is 40.0 Å². The second kappa shape index (κ2) is 10.4. The SMILES string of the molecule is COc1cccc(N2CCN(CC(=O)N[C@@H](C)CCCC(C)C)CC2)c1. The van der Waals surface area contributed by atoms with Crippen LogP contribution in [0.4, 0.5) is 5.69 Å². The van der Waals surface area contributed by atoms with Gasteiger partial charge in [0.05, 0.1) is 13.7 Å². The minimum atomic E-state index is 0.150. The van der Waals surface area contributed by atoms with E-state index in [9.17, 15) is 4.79 Å². The molecular formula is C21H35N3O2. The minimum Gasteiger partial charge on any atom is -0.497 e. The molecule has 0 spiro atoms. The van der Waals surface area contributed by atoms with Crippen molar-refractivity contribution in [2.24, 2.45) is 5.92 Å². The molecule has 5 nitrogen and oxygen atoms in total. The quantitative estimate of drug-likeness (QED) is 0.734. The highest BCUT2D eigenvalue weighted by Gasteiger charge is 2.20. The van der Waals surface area contributed by atoms with Crippen LogP contribution in [0.5, 0.6) is 5.75 Å². The van der Waals surface area contributed by atoms with E-state index in [1.165, 1.54) is 18.5 Å². The van der Waals surface area contributed by atoms with Crippen LogP contribution in [0, 0.1) is 5.92 Å². The van der Waals surface area contributed by atoms with E-state index >= 15 is 0 Å². The fourth-order valence-corrected chi connectivity index (χ4v) is 3.40. The number of methoxy groups -OCH3 is 1. The highest BCUT2D eigenvalue weighted by molar-refractivity contribution is 5.78. The molecule has 0 aliphatic carbocycles. The number of carbonyl (C=O) groups excluding carboxylic acids is 1. The lowest BCUT2D eigenvalue weighted by molar-refractivity contribution is -0.123. The monoisotopic (exact) mass is 361 g/mol. The molecule has 26 heavy (non-hydrogen) atoms. The molecule has 1 saturated heterocycles. The van der Waals surface area contributed by atoms with E-state index in [1.54, 1.807) is 7.11 Å². The maximum Gasteiger partial charge on any atom is 0.234 e. The van der Waals surface area contributed by atoms with Crippen LogP contribution >= 0.6 is 0 Å². The minimum absolute atomic E-state index is 0.150. The van der Waals surface area contributed by atoms with Crippen LogP contribution in [-0.4, -0.2) is 56.7 Å². The fourth-order valence-electron chi connectivity index (χ4n) is 3.40. The molecule has 1 aliphatic heterocycles. The van der Waals surface area contributed by atoms with Gasteiger partial charge < -0.3 is 15.0 Å². The zero-order valence-electron chi connectivity index (χ0n) is 16.8. The van der Waals surface area contributed by atoms with Gasteiger partial charge in [0, 0.05) is 44.0 Å². The average Bonchev–Trinajstić information content (AvgIpc) is 2.62. The smallest absolute Gasteiger partial charge is 0.234 e. The lowest BCUT2D eigenvalue weighted by atomic mass is 10.0. The molecule has 1 aromatic rings. The summed E-state index contributed by atoms with van der Waals surface area (Å²) >= 11 is 0. The van der Waals surface area contributed by atoms with Crippen LogP contribution in [0.2, 0.25) is 0 Å². The third-order valence-electron chi connectivity index (χ3n) is 4.98. The normalized spacial score (nSPS) is 16.6. The Morgan fingerprint density at radius 3 is 2.54 bits per heavy atom. The van der Waals surface area contributed by atoms with E-state index in [0.29, 0.717) is 6.54 Å². The van der Waals surface area contributed by atoms with Crippen molar-refractivity contribution in [1.29, 1.82) is 0 Å². The van der Waals surface area contributed by atoms with Gasteiger partial charge in [-0.15, -0.1) is 0 Å². The molecule has 146 valence electrons. The molecular weight excluding hydrogens is 326 g/mol. The van der Waals surface area contributed by atoms with E-state index in [2.05, 4.69) is 48.0 Å². The third-order valence-corrected chi connectivity index (χ3v) is 4.98. The van der Waals surface area contributed by atoms with Crippen LogP contribution in [0.25, 0.3) is 0 Å². The maximum atomic E-state index is 12.3. The molecule has 1 aliphatic rings. The van der Waals surface area contributed by atoms with Crippen molar-refractivity contribution in [3.63, 3.8) is 0 Å². The fraction of sp³-hybridized carbons (Fsp3) is 0.667. The molecule has 1 aromatic carbocycles. The summed E-state index contributed by atoms with van der Waals surface area (Å²) in [6.45, 7) is 10.8. The number of anilines is 1. The van der Waals surface area contributed by atoms with Gasteiger partial charge in [0.2, 0.25) is 5.91 Å². The number of hydrogen-bond acceptors (Lipinski definition) is 4. The van der Waals surface area contributed by atoms with Crippen molar-refractivity contribution in [3.8, 4) is 5.75 Å². The highest BCUT2D eigenvalue weighted by atomic mass is 16.5. The maximum absolute atomic E-state index is 12.3. The number of benzene rings is 1. The lowest BCUT2D eigenvalue weighted by Crippen LogP contribution is -2.50. The molecule has 0 aromatic heterocycles. The Labute approximate surface area is 158 Å². The summed E-state index contributed by atoms with van der Waals surface area (Å²) < 4.78 is 5.31. The zero-order valence-corrected chi connectivity index (χ0v) is 16.8. The summed E-state index contributed by atoms with van der Waals surface area (Å²) in [6, 6.07) is 8.44. The predicted molar refractivity (Wildman–Crippen MR) is 108 cm³/mol. The summed E-state index contributed by atoms with van der Waals surface area (Å²) in [5.41, 5.74) is 1.19. The summed E-state index contributed by atoms with van der Waals surface area (Å²) in [5, 5.41) is 3.15. The Hall–Kier alpha value is -1.75. The first-order valence-corrected chi connectivity index (χ1v) is 9.88. The number of carbonyl (C=O) groups is 1. The Balaban J connectivity index is 1.70. The van der Waals surface area contributed by atoms with Crippen LogP contribution in [0.15, 0.2) is 24.3 Å². The number of hydrogen-bond donors (Lipinski definition) is 1. The van der Waals surface area contributed by atoms with Crippen molar-refractivity contribution in [3.05, 3.63) is 24.3 Å². The number of nitrogens with zero attached hydrogens (tertiary/aromatic N) is 2. The molecule has 0 bridgehead atoms. The Bertz CT molecular complexity index is 554. The highest BCUT2D eigenvalue weighted by Crippen LogP contribution is 2.22. The van der Waals surface area contributed by atoms with E-state index in [-0.39, 0.29) is 11.9 Å². The van der Waals surface area contributed by atoms with Crippen LogP contribution in [-0.2, 0) is 4.79 Å². The number of piperazine rings is 1. The largest absolute Gasteiger partial charge is 0.497 e. The number of rotatable bonds is 9. The van der Waals surface area contributed by atoms with Crippen LogP contribution < -0.4 is 15.0 Å². The van der Waals surface area contributed by atoms with Crippen molar-refractivity contribution >= 4 is 11.6 Å². The van der Waals surface area contributed by atoms with Gasteiger partial charge in [0.1, 0.15) is 5.75 Å². The standard InChI is InChI=1S/C21H35N3O2/c1-17(2)7-5-8-18(3)22-21(25)16-23-11-13-24(14-12-23)19-9-6-10-20(15-19)26-4/h6,9-10,15,17-18H,5,7-8,11-14,16H2,1-4H3,(H,22,25)/t18-/m0/s1. The summed E-state index contributed by atoms with van der Waals surface area (Å²) in [7, 11) is 1.69. The molecule has 1 atom stereocenters. The van der Waals surface area contributed by atoms with Crippen molar-refractivity contribution < 1.29 is 9.53 Å². The zero-order chi connectivity index (χ0) is 18.9. The Morgan fingerprint density at radius 1 is 1.15 bits per heavy atom. The van der Waals surface area contributed by atoms with E-state index in [1.807, 2.05) is 12.1 Å². The van der Waals surface area contributed by atoms with E-state index in [4.69, 9.17) is 4.74 Å². The van der Waals surface area contributed by atoms with Gasteiger partial charge in [-0.25, -0.2) is 0 Å². The summed E-state index contributed by atoms with van der Waals surface area (Å²) in [4.78, 5) is 16.9. The summed E-state index contributed by atoms with van der Waals surface area (Å²) in [6.07, 6.45) is 3.47. The second-order valence-corrected chi connectivity index (χ2v) is 7.76.